The Bertz CT molecular complexity index is 211. The van der Waals surface area contributed by atoms with Crippen LogP contribution in [0.3, 0.4) is 0 Å². The van der Waals surface area contributed by atoms with Crippen molar-refractivity contribution in [3.63, 3.8) is 0 Å². The van der Waals surface area contributed by atoms with Crippen LogP contribution in [-0.4, -0.2) is 36.6 Å². The molecule has 1 saturated carbocycles. The minimum Gasteiger partial charge on any atom is -0.468 e. The van der Waals surface area contributed by atoms with Crippen LogP contribution >= 0.6 is 0 Å². The summed E-state index contributed by atoms with van der Waals surface area (Å²) in [5.41, 5.74) is 0. The Morgan fingerprint density at radius 2 is 1.93 bits per heavy atom. The van der Waals surface area contributed by atoms with Crippen molar-refractivity contribution in [1.29, 1.82) is 0 Å². The lowest BCUT2D eigenvalue weighted by atomic mass is 10.1. The summed E-state index contributed by atoms with van der Waals surface area (Å²) in [6.45, 7) is 1.09. The van der Waals surface area contributed by atoms with Crippen LogP contribution in [0, 0.1) is 0 Å². The van der Waals surface area contributed by atoms with E-state index < -0.39 is 0 Å². The zero-order chi connectivity index (χ0) is 9.97. The van der Waals surface area contributed by atoms with Crippen LogP contribution in [0.2, 0.25) is 0 Å². The normalized spacial score (nSPS) is 29.6. The third-order valence-corrected chi connectivity index (χ3v) is 3.56. The molecule has 0 bridgehead atoms. The fourth-order valence-electron chi connectivity index (χ4n) is 2.85. The van der Waals surface area contributed by atoms with Crippen molar-refractivity contribution >= 4 is 5.97 Å². The zero-order valence-electron chi connectivity index (χ0n) is 8.87. The molecule has 3 nitrogen and oxygen atoms in total. The van der Waals surface area contributed by atoms with Crippen LogP contribution in [0.4, 0.5) is 0 Å². The van der Waals surface area contributed by atoms with Gasteiger partial charge in [-0.2, -0.15) is 0 Å². The van der Waals surface area contributed by atoms with E-state index in [1.165, 1.54) is 32.8 Å². The van der Waals surface area contributed by atoms with E-state index in [1.54, 1.807) is 0 Å². The van der Waals surface area contributed by atoms with Gasteiger partial charge >= 0.3 is 5.97 Å². The Labute approximate surface area is 85.4 Å². The number of likely N-dealkylation sites (tertiary alicyclic amines) is 1. The second kappa shape index (κ2) is 4.30. The summed E-state index contributed by atoms with van der Waals surface area (Å²) < 4.78 is 4.84. The van der Waals surface area contributed by atoms with Crippen molar-refractivity contribution in [3.05, 3.63) is 0 Å². The number of esters is 1. The van der Waals surface area contributed by atoms with E-state index in [4.69, 9.17) is 4.74 Å². The summed E-state index contributed by atoms with van der Waals surface area (Å²) >= 11 is 0. The lowest BCUT2D eigenvalue weighted by Crippen LogP contribution is -2.42. The molecule has 1 aliphatic heterocycles. The largest absolute Gasteiger partial charge is 0.468 e. The maximum atomic E-state index is 11.5. The van der Waals surface area contributed by atoms with Crippen molar-refractivity contribution in [2.75, 3.05) is 13.7 Å². The summed E-state index contributed by atoms with van der Waals surface area (Å²) in [5, 5.41) is 0. The van der Waals surface area contributed by atoms with Crippen molar-refractivity contribution in [3.8, 4) is 0 Å². The molecule has 14 heavy (non-hydrogen) atoms. The molecule has 2 fully saturated rings. The van der Waals surface area contributed by atoms with Gasteiger partial charge in [-0.25, -0.2) is 0 Å². The molecule has 0 N–H and O–H groups in total. The molecule has 1 heterocycles. The van der Waals surface area contributed by atoms with Gasteiger partial charge in [0, 0.05) is 6.04 Å². The number of nitrogens with zero attached hydrogens (tertiary/aromatic N) is 1. The van der Waals surface area contributed by atoms with Gasteiger partial charge in [0.1, 0.15) is 6.04 Å². The molecule has 0 aromatic carbocycles. The monoisotopic (exact) mass is 197 g/mol. The van der Waals surface area contributed by atoms with Crippen LogP contribution in [-0.2, 0) is 9.53 Å². The molecule has 0 aromatic heterocycles. The Morgan fingerprint density at radius 1 is 1.21 bits per heavy atom. The smallest absolute Gasteiger partial charge is 0.323 e. The predicted molar refractivity (Wildman–Crippen MR) is 54.0 cm³/mol. The molecule has 2 rings (SSSR count). The molecule has 80 valence electrons. The van der Waals surface area contributed by atoms with Gasteiger partial charge in [-0.3, -0.25) is 9.69 Å². The Kier molecular flexibility index (Phi) is 3.06. The molecule has 0 amide bonds. The van der Waals surface area contributed by atoms with Gasteiger partial charge in [0.15, 0.2) is 0 Å². The van der Waals surface area contributed by atoms with E-state index >= 15 is 0 Å². The van der Waals surface area contributed by atoms with Crippen molar-refractivity contribution in [1.82, 2.24) is 4.90 Å². The van der Waals surface area contributed by atoms with Crippen LogP contribution in [0.1, 0.15) is 38.5 Å². The third kappa shape index (κ3) is 1.78. The number of hydrogen-bond donors (Lipinski definition) is 0. The first-order valence-electron chi connectivity index (χ1n) is 5.66. The molecule has 0 unspecified atom stereocenters. The molecule has 1 saturated heterocycles. The van der Waals surface area contributed by atoms with Crippen molar-refractivity contribution < 1.29 is 9.53 Å². The quantitative estimate of drug-likeness (QED) is 0.629. The van der Waals surface area contributed by atoms with Crippen LogP contribution in [0.25, 0.3) is 0 Å². The number of hydrogen-bond acceptors (Lipinski definition) is 3. The Hall–Kier alpha value is -0.570. The highest BCUT2D eigenvalue weighted by atomic mass is 16.5. The van der Waals surface area contributed by atoms with Gasteiger partial charge in [-0.15, -0.1) is 0 Å². The molecular formula is C11H19NO2. The summed E-state index contributed by atoms with van der Waals surface area (Å²) in [6.07, 6.45) is 7.34. The predicted octanol–water partition coefficient (Wildman–Crippen LogP) is 1.57. The van der Waals surface area contributed by atoms with E-state index in [9.17, 15) is 4.79 Å². The van der Waals surface area contributed by atoms with Gasteiger partial charge in [-0.05, 0) is 32.2 Å². The van der Waals surface area contributed by atoms with E-state index in [0.717, 1.165) is 19.4 Å². The van der Waals surface area contributed by atoms with Gasteiger partial charge in [-0.1, -0.05) is 12.8 Å². The number of methoxy groups -OCH3 is 1. The van der Waals surface area contributed by atoms with Gasteiger partial charge < -0.3 is 4.74 Å². The minimum absolute atomic E-state index is 0.0330. The van der Waals surface area contributed by atoms with Crippen molar-refractivity contribution in [2.24, 2.45) is 0 Å². The number of carbonyl (C=O) groups is 1. The lowest BCUT2D eigenvalue weighted by Gasteiger charge is -2.28. The maximum absolute atomic E-state index is 11.5. The van der Waals surface area contributed by atoms with Crippen LogP contribution < -0.4 is 0 Å². The average Bonchev–Trinajstić information content (AvgIpc) is 2.85. The lowest BCUT2D eigenvalue weighted by molar-refractivity contribution is -0.146. The molecule has 0 radical (unpaired) electrons. The molecule has 0 aromatic rings. The standard InChI is InChI=1S/C11H19NO2/c1-14-11(13)10-7-4-8-12(10)9-5-2-3-6-9/h9-10H,2-8H2,1H3/t10-/m1/s1. The van der Waals surface area contributed by atoms with Crippen LogP contribution in [0.15, 0.2) is 0 Å². The maximum Gasteiger partial charge on any atom is 0.323 e. The third-order valence-electron chi connectivity index (χ3n) is 3.56. The van der Waals surface area contributed by atoms with E-state index in [1.807, 2.05) is 0 Å². The molecule has 1 atom stereocenters. The summed E-state index contributed by atoms with van der Waals surface area (Å²) in [4.78, 5) is 13.9. The fourth-order valence-corrected chi connectivity index (χ4v) is 2.85. The van der Waals surface area contributed by atoms with Gasteiger partial charge in [0.2, 0.25) is 0 Å². The SMILES string of the molecule is COC(=O)[C@H]1CCCN1C1CCCC1. The van der Waals surface area contributed by atoms with E-state index in [-0.39, 0.29) is 12.0 Å². The first-order chi connectivity index (χ1) is 6.83. The highest BCUT2D eigenvalue weighted by Gasteiger charge is 2.36. The Morgan fingerprint density at radius 3 is 2.57 bits per heavy atom. The Balaban J connectivity index is 1.98. The van der Waals surface area contributed by atoms with Gasteiger partial charge in [0.25, 0.3) is 0 Å². The highest BCUT2D eigenvalue weighted by molar-refractivity contribution is 5.76. The molecule has 1 aliphatic carbocycles. The minimum atomic E-state index is -0.0330. The first-order valence-corrected chi connectivity index (χ1v) is 5.66. The van der Waals surface area contributed by atoms with E-state index in [0.29, 0.717) is 6.04 Å². The summed E-state index contributed by atoms with van der Waals surface area (Å²) in [6, 6.07) is 0.713. The summed E-state index contributed by atoms with van der Waals surface area (Å²) in [5.74, 6) is -0.0330. The van der Waals surface area contributed by atoms with Crippen LogP contribution in [0.5, 0.6) is 0 Å². The highest BCUT2D eigenvalue weighted by Crippen LogP contribution is 2.30. The zero-order valence-corrected chi connectivity index (χ0v) is 8.87. The van der Waals surface area contributed by atoms with Crippen molar-refractivity contribution in [2.45, 2.75) is 50.6 Å². The number of rotatable bonds is 2. The molecule has 2 aliphatic rings. The average molecular weight is 197 g/mol. The fraction of sp³-hybridized carbons (Fsp3) is 0.909. The number of ether oxygens (including phenoxy) is 1. The molecular weight excluding hydrogens is 178 g/mol. The molecule has 3 heteroatoms. The van der Waals surface area contributed by atoms with E-state index in [2.05, 4.69) is 4.90 Å². The number of carbonyl (C=O) groups excluding carboxylic acids is 1. The van der Waals surface area contributed by atoms with Gasteiger partial charge in [0.05, 0.1) is 7.11 Å². The second-order valence-corrected chi connectivity index (χ2v) is 4.36. The topological polar surface area (TPSA) is 29.5 Å². The first kappa shape index (κ1) is 9.97. The summed E-state index contributed by atoms with van der Waals surface area (Å²) in [7, 11) is 1.49. The second-order valence-electron chi connectivity index (χ2n) is 4.36. The molecule has 0 spiro atoms.